The van der Waals surface area contributed by atoms with E-state index in [1.54, 1.807) is 20.9 Å². The van der Waals surface area contributed by atoms with Crippen LogP contribution < -0.4 is 28.1 Å². The van der Waals surface area contributed by atoms with Gasteiger partial charge < -0.3 is 24.8 Å². The Hall–Kier alpha value is -1.47. The molecule has 0 radical (unpaired) electrons. The van der Waals surface area contributed by atoms with Gasteiger partial charge in [0.1, 0.15) is 0 Å². The van der Waals surface area contributed by atoms with Gasteiger partial charge in [0.15, 0.2) is 0 Å². The van der Waals surface area contributed by atoms with E-state index < -0.39 is 21.3 Å². The largest absolute Gasteiger partial charge is 1.00 e. The number of rotatable bonds is 3. The molecular formula is C33H38Cl2OZr. The van der Waals surface area contributed by atoms with Gasteiger partial charge in [-0.15, -0.1) is 0 Å². The molecule has 0 atom stereocenters. The minimum atomic E-state index is -2.37. The number of hydrogen-bond donors (Lipinski definition) is 0. The van der Waals surface area contributed by atoms with Crippen LogP contribution in [0.4, 0.5) is 0 Å². The van der Waals surface area contributed by atoms with Crippen LogP contribution in [0.2, 0.25) is 0 Å². The third-order valence-electron chi connectivity index (χ3n) is 7.57. The van der Waals surface area contributed by atoms with E-state index in [0.717, 1.165) is 12.8 Å². The van der Waals surface area contributed by atoms with Crippen LogP contribution in [-0.2, 0) is 38.5 Å². The van der Waals surface area contributed by atoms with Crippen LogP contribution >= 0.6 is 0 Å². The summed E-state index contributed by atoms with van der Waals surface area (Å²) in [4.78, 5) is 0. The Labute approximate surface area is 243 Å². The summed E-state index contributed by atoms with van der Waals surface area (Å²) in [5.41, 5.74) is 11.9. The first kappa shape index (κ1) is 30.1. The molecule has 37 heavy (non-hydrogen) atoms. The molecule has 0 saturated heterocycles. The van der Waals surface area contributed by atoms with Crippen molar-refractivity contribution in [3.63, 3.8) is 0 Å². The van der Waals surface area contributed by atoms with E-state index in [1.807, 2.05) is 12.5 Å². The Bertz CT molecular complexity index is 1400. The van der Waals surface area contributed by atoms with Gasteiger partial charge in [-0.2, -0.15) is 0 Å². The molecule has 1 nitrogen and oxygen atoms in total. The SMILES string of the molecule is C[C](C)=[Zr+2]([C]1=C(c2ccoc2)C=CC1)[c]1c(C(C)(C)C)ccc2c1Cc1cc(C(C)(C)C)ccc1-2.[Cl-].[Cl-]. The van der Waals surface area contributed by atoms with Crippen LogP contribution in [0.15, 0.2) is 68.8 Å². The quantitative estimate of drug-likeness (QED) is 0.346. The molecule has 1 heterocycles. The number of furan rings is 1. The van der Waals surface area contributed by atoms with Crippen molar-refractivity contribution >= 4 is 12.1 Å². The average Bonchev–Trinajstić information content (AvgIpc) is 3.51. The summed E-state index contributed by atoms with van der Waals surface area (Å²) in [6.07, 6.45) is 10.6. The molecule has 0 spiro atoms. The van der Waals surface area contributed by atoms with Crippen molar-refractivity contribution in [1.29, 1.82) is 0 Å². The molecule has 5 rings (SSSR count). The third-order valence-corrected chi connectivity index (χ3v) is 15.3. The third kappa shape index (κ3) is 5.50. The fourth-order valence-corrected chi connectivity index (χ4v) is 14.3. The molecule has 0 N–H and O–H groups in total. The molecule has 0 bridgehead atoms. The Morgan fingerprint density at radius 1 is 0.865 bits per heavy atom. The summed E-state index contributed by atoms with van der Waals surface area (Å²) in [6, 6.07) is 14.2. The minimum absolute atomic E-state index is 0. The van der Waals surface area contributed by atoms with Crippen molar-refractivity contribution in [1.82, 2.24) is 0 Å². The second-order valence-electron chi connectivity index (χ2n) is 12.4. The molecule has 0 fully saturated rings. The van der Waals surface area contributed by atoms with Gasteiger partial charge in [0.2, 0.25) is 0 Å². The summed E-state index contributed by atoms with van der Waals surface area (Å²) in [6.45, 7) is 18.9. The molecule has 4 heteroatoms. The van der Waals surface area contributed by atoms with Crippen LogP contribution in [0.3, 0.4) is 0 Å². The average molecular weight is 613 g/mol. The van der Waals surface area contributed by atoms with Gasteiger partial charge in [-0.25, -0.2) is 0 Å². The van der Waals surface area contributed by atoms with E-state index >= 15 is 0 Å². The maximum absolute atomic E-state index is 5.50. The predicted octanol–water partition coefficient (Wildman–Crippen LogP) is 2.28. The first-order chi connectivity index (χ1) is 16.5. The number of halogens is 2. The molecule has 3 aromatic rings. The minimum Gasteiger partial charge on any atom is -1.00 e. The zero-order chi connectivity index (χ0) is 25.1. The summed E-state index contributed by atoms with van der Waals surface area (Å²) >= 11 is -2.37. The van der Waals surface area contributed by atoms with Gasteiger partial charge in [0, 0.05) is 0 Å². The van der Waals surface area contributed by atoms with E-state index in [1.165, 1.54) is 33.4 Å². The molecule has 0 amide bonds. The van der Waals surface area contributed by atoms with Crippen molar-refractivity contribution in [3.05, 3.63) is 92.2 Å². The maximum Gasteiger partial charge on any atom is -1.00 e. The molecule has 2 aliphatic carbocycles. The van der Waals surface area contributed by atoms with Gasteiger partial charge in [-0.3, -0.25) is 0 Å². The van der Waals surface area contributed by atoms with Crippen LogP contribution in [0.5, 0.6) is 0 Å². The van der Waals surface area contributed by atoms with Gasteiger partial charge in [0.05, 0.1) is 0 Å². The summed E-state index contributed by atoms with van der Waals surface area (Å²) < 4.78 is 10.6. The second-order valence-corrected chi connectivity index (χ2v) is 19.5. The fourth-order valence-electron chi connectivity index (χ4n) is 5.79. The van der Waals surface area contributed by atoms with E-state index in [-0.39, 0.29) is 35.6 Å². The Kier molecular flexibility index (Phi) is 8.91. The van der Waals surface area contributed by atoms with E-state index in [4.69, 9.17) is 4.42 Å². The topological polar surface area (TPSA) is 13.1 Å². The van der Waals surface area contributed by atoms with Crippen molar-refractivity contribution in [2.24, 2.45) is 0 Å². The molecule has 0 unspecified atom stereocenters. The zero-order valence-electron chi connectivity index (χ0n) is 23.4. The monoisotopic (exact) mass is 610 g/mol. The Balaban J connectivity index is 0.00000190. The van der Waals surface area contributed by atoms with Gasteiger partial charge in [-0.05, 0) is 0 Å². The summed E-state index contributed by atoms with van der Waals surface area (Å²) in [5, 5.41) is 0. The van der Waals surface area contributed by atoms with E-state index in [9.17, 15) is 0 Å². The standard InChI is InChI=1S/C21H25.C9H7O.C3H6.2ClH.Zr/c1-20(2,3)16-7-9-18-14(12-16)11-15-13-17(21(4,5)6)8-10-19(15)18;1-2-4-8(3-1)9-5-6-10-7-9;1-3-2;;;/h7-10,12H,11H2,1-6H3;1,3,5-7H,2H2;1-2H3;2*1H;/q;;;;;+2/p-2. The van der Waals surface area contributed by atoms with Crippen LogP contribution in [0.25, 0.3) is 16.7 Å². The first-order valence-electron chi connectivity index (χ1n) is 12.9. The van der Waals surface area contributed by atoms with Crippen molar-refractivity contribution in [2.75, 3.05) is 0 Å². The molecule has 0 aliphatic heterocycles. The smallest absolute Gasteiger partial charge is 1.00 e. The number of hydrogen-bond acceptors (Lipinski definition) is 1. The van der Waals surface area contributed by atoms with Crippen molar-refractivity contribution in [2.45, 2.75) is 79.1 Å². The normalized spacial score (nSPS) is 13.9. The molecule has 0 saturated carbocycles. The van der Waals surface area contributed by atoms with Crippen molar-refractivity contribution < 1.29 is 50.5 Å². The summed E-state index contributed by atoms with van der Waals surface area (Å²) in [5.74, 6) is 0. The Morgan fingerprint density at radius 2 is 1.57 bits per heavy atom. The second kappa shape index (κ2) is 11.0. The maximum atomic E-state index is 5.50. The first-order valence-corrected chi connectivity index (χ1v) is 16.6. The van der Waals surface area contributed by atoms with E-state index in [2.05, 4.69) is 104 Å². The molecule has 1 aromatic heterocycles. The summed E-state index contributed by atoms with van der Waals surface area (Å²) in [7, 11) is 0. The number of benzene rings is 2. The number of fused-ring (bicyclic) bond motifs is 3. The van der Waals surface area contributed by atoms with Crippen LogP contribution in [-0.4, -0.2) is 3.21 Å². The van der Waals surface area contributed by atoms with Gasteiger partial charge in [0.25, 0.3) is 0 Å². The van der Waals surface area contributed by atoms with Gasteiger partial charge in [-0.1, -0.05) is 0 Å². The van der Waals surface area contributed by atoms with Gasteiger partial charge >= 0.3 is 220 Å². The molecular weight excluding hydrogens is 574 g/mol. The van der Waals surface area contributed by atoms with Crippen molar-refractivity contribution in [3.8, 4) is 11.1 Å². The molecule has 2 aromatic carbocycles. The zero-order valence-corrected chi connectivity index (χ0v) is 27.3. The fraction of sp³-hybridized carbons (Fsp3) is 0.364. The predicted molar refractivity (Wildman–Crippen MR) is 147 cm³/mol. The van der Waals surface area contributed by atoms with E-state index in [0.29, 0.717) is 0 Å². The van der Waals surface area contributed by atoms with Crippen LogP contribution in [0.1, 0.15) is 89.6 Å². The number of allylic oxidation sites excluding steroid dienone is 4. The molecule has 194 valence electrons. The van der Waals surface area contributed by atoms with Crippen LogP contribution in [0, 0.1) is 0 Å². The Morgan fingerprint density at radius 3 is 2.16 bits per heavy atom. The molecule has 2 aliphatic rings.